The molecule has 0 spiro atoms. The summed E-state index contributed by atoms with van der Waals surface area (Å²) >= 11 is 1.52. The van der Waals surface area contributed by atoms with E-state index in [4.69, 9.17) is 19.9 Å². The average Bonchev–Trinajstić information content (AvgIpc) is 3.42. The lowest BCUT2D eigenvalue weighted by molar-refractivity contribution is 0.894. The Labute approximate surface area is 238 Å². The highest BCUT2D eigenvalue weighted by molar-refractivity contribution is 7.25. The van der Waals surface area contributed by atoms with E-state index in [1.165, 1.54) is 11.3 Å². The van der Waals surface area contributed by atoms with Crippen molar-refractivity contribution < 1.29 is 0 Å². The molecule has 41 heavy (non-hydrogen) atoms. The molecule has 0 radical (unpaired) electrons. The fourth-order valence-corrected chi connectivity index (χ4v) is 6.03. The van der Waals surface area contributed by atoms with Gasteiger partial charge >= 0.3 is 0 Å². The minimum Gasteiger partial charge on any atom is -0.237 e. The van der Waals surface area contributed by atoms with Gasteiger partial charge in [0, 0.05) is 21.9 Å². The molecule has 0 aliphatic rings. The van der Waals surface area contributed by atoms with Gasteiger partial charge < -0.3 is 0 Å². The molecule has 7 nitrogen and oxygen atoms in total. The summed E-state index contributed by atoms with van der Waals surface area (Å²) in [7, 11) is 0. The molecule has 4 aromatic carbocycles. The maximum Gasteiger partial charge on any atom is 0.185 e. The molecule has 0 saturated carbocycles. The minimum absolute atomic E-state index is 0.442. The van der Waals surface area contributed by atoms with Crippen LogP contribution >= 0.6 is 11.3 Å². The largest absolute Gasteiger partial charge is 0.237 e. The van der Waals surface area contributed by atoms with Gasteiger partial charge in [0.25, 0.3) is 0 Å². The Kier molecular flexibility index (Phi) is 5.49. The second kappa shape index (κ2) is 9.62. The molecule has 8 aromatic rings. The lowest BCUT2D eigenvalue weighted by atomic mass is 10.0. The first-order valence-corrected chi connectivity index (χ1v) is 13.9. The van der Waals surface area contributed by atoms with Crippen LogP contribution in [0.15, 0.2) is 115 Å². The molecule has 4 heterocycles. The van der Waals surface area contributed by atoms with E-state index in [-0.39, 0.29) is 0 Å². The van der Waals surface area contributed by atoms with Crippen molar-refractivity contribution in [3.8, 4) is 45.4 Å². The molecule has 0 fully saturated rings. The second-order valence-corrected chi connectivity index (χ2v) is 10.6. The van der Waals surface area contributed by atoms with E-state index in [0.29, 0.717) is 23.2 Å². The van der Waals surface area contributed by atoms with E-state index in [9.17, 15) is 0 Å². The number of benzene rings is 4. The predicted molar refractivity (Wildman–Crippen MR) is 163 cm³/mol. The fourth-order valence-electron chi connectivity index (χ4n) is 4.95. The summed E-state index contributed by atoms with van der Waals surface area (Å²) in [6, 6.07) is 38.6. The summed E-state index contributed by atoms with van der Waals surface area (Å²) in [6.45, 7) is 0. The number of rotatable bonds is 4. The molecule has 0 saturated heterocycles. The molecule has 4 aromatic heterocycles. The Morgan fingerprint density at radius 2 is 1.07 bits per heavy atom. The SMILES string of the molecule is c1ccc(-c2ccc(-c3nc(-c4ccccc4)nc(-c4nnnc5c4sc4nc6ccccc6cc45)n3)cc2)cc1. The van der Waals surface area contributed by atoms with Crippen LogP contribution in [0.3, 0.4) is 0 Å². The van der Waals surface area contributed by atoms with Crippen molar-refractivity contribution in [1.29, 1.82) is 0 Å². The lowest BCUT2D eigenvalue weighted by Crippen LogP contribution is -2.02. The van der Waals surface area contributed by atoms with Gasteiger partial charge in [-0.1, -0.05) is 103 Å². The zero-order chi connectivity index (χ0) is 27.2. The Balaban J connectivity index is 1.32. The third kappa shape index (κ3) is 4.18. The molecule has 8 heteroatoms. The molecule has 0 amide bonds. The van der Waals surface area contributed by atoms with Gasteiger partial charge in [-0.2, -0.15) is 0 Å². The highest BCUT2D eigenvalue weighted by atomic mass is 32.1. The number of hydrogen-bond acceptors (Lipinski definition) is 8. The highest BCUT2D eigenvalue weighted by Crippen LogP contribution is 2.37. The zero-order valence-electron chi connectivity index (χ0n) is 21.5. The molecular formula is C33H19N7S. The normalized spacial score (nSPS) is 11.4. The van der Waals surface area contributed by atoms with Gasteiger partial charge in [0.1, 0.15) is 10.3 Å². The molecule has 0 aliphatic carbocycles. The Bertz CT molecular complexity index is 2200. The van der Waals surface area contributed by atoms with Crippen LogP contribution in [0, 0.1) is 0 Å². The molecule has 0 N–H and O–H groups in total. The number of fused-ring (bicyclic) bond motifs is 4. The topological polar surface area (TPSA) is 90.2 Å². The molecule has 0 aliphatic heterocycles. The van der Waals surface area contributed by atoms with E-state index in [2.05, 4.69) is 45.7 Å². The Morgan fingerprint density at radius 3 is 1.83 bits per heavy atom. The summed E-state index contributed by atoms with van der Waals surface area (Å²) in [4.78, 5) is 20.4. The molecule has 8 rings (SSSR count). The van der Waals surface area contributed by atoms with Crippen LogP contribution in [0.2, 0.25) is 0 Å². The maximum atomic E-state index is 4.91. The molecule has 192 valence electrons. The number of thiophene rings is 1. The minimum atomic E-state index is 0.442. The van der Waals surface area contributed by atoms with Crippen LogP contribution in [0.4, 0.5) is 0 Å². The quantitative estimate of drug-likeness (QED) is 0.224. The van der Waals surface area contributed by atoms with Gasteiger partial charge in [-0.25, -0.2) is 19.9 Å². The third-order valence-electron chi connectivity index (χ3n) is 6.99. The fraction of sp³-hybridized carbons (Fsp3) is 0. The molecule has 0 unspecified atom stereocenters. The molecular weight excluding hydrogens is 526 g/mol. The number of para-hydroxylation sites is 1. The van der Waals surface area contributed by atoms with Crippen LogP contribution in [-0.2, 0) is 0 Å². The van der Waals surface area contributed by atoms with E-state index in [0.717, 1.165) is 53.6 Å². The van der Waals surface area contributed by atoms with E-state index < -0.39 is 0 Å². The number of nitrogens with zero attached hydrogens (tertiary/aromatic N) is 7. The standard InChI is InChI=1S/C33H19N7S/c1-3-9-20(10-4-1)21-15-17-23(18-16-21)31-35-30(22-11-5-2-6-12-22)36-32(37-31)28-29-27(38-40-39-28)25-19-24-13-7-8-14-26(24)34-33(25)41-29/h1-19H. The van der Waals surface area contributed by atoms with E-state index >= 15 is 0 Å². The Morgan fingerprint density at radius 1 is 0.488 bits per heavy atom. The van der Waals surface area contributed by atoms with E-state index in [1.807, 2.05) is 84.9 Å². The molecule has 0 atom stereocenters. The van der Waals surface area contributed by atoms with Gasteiger partial charge in [0.05, 0.1) is 10.2 Å². The smallest absolute Gasteiger partial charge is 0.185 e. The lowest BCUT2D eigenvalue weighted by Gasteiger charge is -2.08. The van der Waals surface area contributed by atoms with Crippen molar-refractivity contribution in [2.45, 2.75) is 0 Å². The van der Waals surface area contributed by atoms with Crippen molar-refractivity contribution in [2.75, 3.05) is 0 Å². The van der Waals surface area contributed by atoms with Crippen LogP contribution in [0.5, 0.6) is 0 Å². The van der Waals surface area contributed by atoms with Crippen molar-refractivity contribution in [3.05, 3.63) is 115 Å². The van der Waals surface area contributed by atoms with Crippen molar-refractivity contribution in [3.63, 3.8) is 0 Å². The van der Waals surface area contributed by atoms with Crippen molar-refractivity contribution in [2.24, 2.45) is 0 Å². The maximum absolute atomic E-state index is 4.91. The summed E-state index contributed by atoms with van der Waals surface area (Å²) in [5, 5.41) is 14.9. The van der Waals surface area contributed by atoms with Gasteiger partial charge in [-0.3, -0.25) is 0 Å². The van der Waals surface area contributed by atoms with Gasteiger partial charge in [-0.05, 0) is 28.5 Å². The van der Waals surface area contributed by atoms with Gasteiger partial charge in [0.2, 0.25) is 0 Å². The first kappa shape index (κ1) is 23.4. The zero-order valence-corrected chi connectivity index (χ0v) is 22.3. The summed E-state index contributed by atoms with van der Waals surface area (Å²) in [5.41, 5.74) is 6.28. The van der Waals surface area contributed by atoms with E-state index in [1.54, 1.807) is 0 Å². The highest BCUT2D eigenvalue weighted by Gasteiger charge is 2.20. The first-order valence-electron chi connectivity index (χ1n) is 13.1. The van der Waals surface area contributed by atoms with Crippen LogP contribution < -0.4 is 0 Å². The second-order valence-electron chi connectivity index (χ2n) is 9.57. The summed E-state index contributed by atoms with van der Waals surface area (Å²) in [6.07, 6.45) is 0. The van der Waals surface area contributed by atoms with Crippen LogP contribution in [0.1, 0.15) is 0 Å². The first-order chi connectivity index (χ1) is 20.3. The number of hydrogen-bond donors (Lipinski definition) is 0. The Hall–Kier alpha value is -5.47. The van der Waals surface area contributed by atoms with Crippen LogP contribution in [0.25, 0.3) is 76.8 Å². The number of aromatic nitrogens is 7. The number of pyridine rings is 1. The predicted octanol–water partition coefficient (Wildman–Crippen LogP) is 7.64. The van der Waals surface area contributed by atoms with Crippen LogP contribution in [-0.4, -0.2) is 35.3 Å². The summed E-state index contributed by atoms with van der Waals surface area (Å²) in [5.74, 6) is 1.57. The summed E-state index contributed by atoms with van der Waals surface area (Å²) < 4.78 is 0.841. The van der Waals surface area contributed by atoms with Gasteiger partial charge in [-0.15, -0.1) is 21.5 Å². The van der Waals surface area contributed by atoms with Crippen molar-refractivity contribution in [1.82, 2.24) is 35.3 Å². The molecule has 0 bridgehead atoms. The third-order valence-corrected chi connectivity index (χ3v) is 8.09. The monoisotopic (exact) mass is 545 g/mol. The van der Waals surface area contributed by atoms with Crippen molar-refractivity contribution >= 4 is 42.7 Å². The average molecular weight is 546 g/mol. The van der Waals surface area contributed by atoms with Gasteiger partial charge in [0.15, 0.2) is 23.2 Å².